The Morgan fingerprint density at radius 3 is 2.94 bits per heavy atom. The molecule has 1 aromatic heterocycles. The summed E-state index contributed by atoms with van der Waals surface area (Å²) in [7, 11) is 0. The summed E-state index contributed by atoms with van der Waals surface area (Å²) in [5.74, 6) is 0.105. The van der Waals surface area contributed by atoms with E-state index >= 15 is 0 Å². The standard InChI is InChI=1S/C10H14N4O3/c1-3-10(2)9(16)14(5-8(15)12-10)4-7-11-6-17-13-7/h6H,3-5H2,1-2H3,(H,12,15). The van der Waals surface area contributed by atoms with Crippen LogP contribution in [0.4, 0.5) is 0 Å². The Kier molecular flexibility index (Phi) is 2.83. The number of rotatable bonds is 3. The Morgan fingerprint density at radius 2 is 2.35 bits per heavy atom. The van der Waals surface area contributed by atoms with Crippen molar-refractivity contribution in [3.05, 3.63) is 12.2 Å². The minimum absolute atomic E-state index is 0.0307. The van der Waals surface area contributed by atoms with Gasteiger partial charge in [0, 0.05) is 0 Å². The van der Waals surface area contributed by atoms with Crippen molar-refractivity contribution in [2.24, 2.45) is 0 Å². The van der Waals surface area contributed by atoms with E-state index in [2.05, 4.69) is 20.0 Å². The number of piperazine rings is 1. The SMILES string of the molecule is CCC1(C)NC(=O)CN(Cc2ncon2)C1=O. The van der Waals surface area contributed by atoms with Gasteiger partial charge in [-0.15, -0.1) is 0 Å². The molecule has 1 atom stereocenters. The van der Waals surface area contributed by atoms with Crippen molar-refractivity contribution >= 4 is 11.8 Å². The molecular weight excluding hydrogens is 224 g/mol. The van der Waals surface area contributed by atoms with Crippen molar-refractivity contribution in [3.8, 4) is 0 Å². The number of aromatic nitrogens is 2. The van der Waals surface area contributed by atoms with Crippen LogP contribution in [0.15, 0.2) is 10.9 Å². The van der Waals surface area contributed by atoms with Crippen LogP contribution in [-0.2, 0) is 16.1 Å². The van der Waals surface area contributed by atoms with E-state index in [9.17, 15) is 9.59 Å². The van der Waals surface area contributed by atoms with Crippen LogP contribution in [0.1, 0.15) is 26.1 Å². The average Bonchev–Trinajstić information content (AvgIpc) is 2.78. The second kappa shape index (κ2) is 4.15. The molecule has 1 aromatic rings. The second-order valence-corrected chi connectivity index (χ2v) is 4.24. The lowest BCUT2D eigenvalue weighted by Gasteiger charge is -2.38. The highest BCUT2D eigenvalue weighted by Gasteiger charge is 2.41. The summed E-state index contributed by atoms with van der Waals surface area (Å²) in [6.45, 7) is 3.80. The number of amides is 2. The van der Waals surface area contributed by atoms with Gasteiger partial charge in [-0.1, -0.05) is 12.1 Å². The number of carbonyl (C=O) groups excluding carboxylic acids is 2. The Hall–Kier alpha value is -1.92. The molecule has 1 N–H and O–H groups in total. The average molecular weight is 238 g/mol. The number of hydrogen-bond donors (Lipinski definition) is 1. The maximum absolute atomic E-state index is 12.2. The van der Waals surface area contributed by atoms with Gasteiger partial charge in [-0.3, -0.25) is 9.59 Å². The van der Waals surface area contributed by atoms with E-state index in [1.54, 1.807) is 6.92 Å². The third kappa shape index (κ3) is 2.13. The highest BCUT2D eigenvalue weighted by atomic mass is 16.5. The Labute approximate surface area is 98.2 Å². The summed E-state index contributed by atoms with van der Waals surface area (Å²) in [5.41, 5.74) is -0.834. The van der Waals surface area contributed by atoms with E-state index in [4.69, 9.17) is 0 Å². The summed E-state index contributed by atoms with van der Waals surface area (Å²) in [5, 5.41) is 6.34. The first-order valence-electron chi connectivity index (χ1n) is 5.41. The molecule has 2 rings (SSSR count). The lowest BCUT2D eigenvalue weighted by molar-refractivity contribution is -0.150. The van der Waals surface area contributed by atoms with Crippen LogP contribution in [0.5, 0.6) is 0 Å². The molecule has 0 spiro atoms. The zero-order chi connectivity index (χ0) is 12.5. The fourth-order valence-electron chi connectivity index (χ4n) is 1.79. The van der Waals surface area contributed by atoms with E-state index in [-0.39, 0.29) is 24.9 Å². The van der Waals surface area contributed by atoms with Crippen LogP contribution < -0.4 is 5.32 Å². The predicted octanol–water partition coefficient (Wildman–Crippen LogP) is -0.303. The molecule has 0 radical (unpaired) electrons. The summed E-state index contributed by atoms with van der Waals surface area (Å²) in [6.07, 6.45) is 1.74. The second-order valence-electron chi connectivity index (χ2n) is 4.24. The highest BCUT2D eigenvalue weighted by molar-refractivity contribution is 5.97. The van der Waals surface area contributed by atoms with Gasteiger partial charge >= 0.3 is 0 Å². The van der Waals surface area contributed by atoms with Gasteiger partial charge in [0.05, 0.1) is 6.54 Å². The summed E-state index contributed by atoms with van der Waals surface area (Å²) in [6, 6.07) is 0. The predicted molar refractivity (Wildman–Crippen MR) is 56.6 cm³/mol. The first-order valence-corrected chi connectivity index (χ1v) is 5.41. The molecule has 92 valence electrons. The molecule has 1 aliphatic heterocycles. The zero-order valence-corrected chi connectivity index (χ0v) is 9.77. The molecule has 1 fully saturated rings. The Bertz CT molecular complexity index is 431. The highest BCUT2D eigenvalue weighted by Crippen LogP contribution is 2.18. The van der Waals surface area contributed by atoms with Gasteiger partial charge in [-0.05, 0) is 13.3 Å². The molecule has 7 heteroatoms. The van der Waals surface area contributed by atoms with E-state index in [0.717, 1.165) is 0 Å². The van der Waals surface area contributed by atoms with E-state index in [1.807, 2.05) is 6.92 Å². The van der Waals surface area contributed by atoms with Crippen LogP contribution in [0.2, 0.25) is 0 Å². The Morgan fingerprint density at radius 1 is 1.59 bits per heavy atom. The van der Waals surface area contributed by atoms with Gasteiger partial charge in [0.15, 0.2) is 5.82 Å². The number of carbonyl (C=O) groups is 2. The van der Waals surface area contributed by atoms with Gasteiger partial charge in [0.2, 0.25) is 18.2 Å². The van der Waals surface area contributed by atoms with Gasteiger partial charge in [-0.25, -0.2) is 0 Å². The summed E-state index contributed by atoms with van der Waals surface area (Å²) >= 11 is 0. The van der Waals surface area contributed by atoms with Crippen molar-refractivity contribution in [1.29, 1.82) is 0 Å². The van der Waals surface area contributed by atoms with Crippen LogP contribution in [0, 0.1) is 0 Å². The normalized spacial score (nSPS) is 24.9. The lowest BCUT2D eigenvalue weighted by Crippen LogP contribution is -2.64. The van der Waals surface area contributed by atoms with Crippen molar-refractivity contribution in [3.63, 3.8) is 0 Å². The Balaban J connectivity index is 2.16. The fraction of sp³-hybridized carbons (Fsp3) is 0.600. The van der Waals surface area contributed by atoms with Crippen LogP contribution in [0.3, 0.4) is 0 Å². The zero-order valence-electron chi connectivity index (χ0n) is 9.77. The van der Waals surface area contributed by atoms with E-state index in [1.165, 1.54) is 11.3 Å². The monoisotopic (exact) mass is 238 g/mol. The summed E-state index contributed by atoms with van der Waals surface area (Å²) < 4.78 is 4.60. The van der Waals surface area contributed by atoms with Gasteiger partial charge < -0.3 is 14.7 Å². The smallest absolute Gasteiger partial charge is 0.248 e. The molecule has 7 nitrogen and oxygen atoms in total. The van der Waals surface area contributed by atoms with Crippen LogP contribution in [0.25, 0.3) is 0 Å². The minimum Gasteiger partial charge on any atom is -0.343 e. The van der Waals surface area contributed by atoms with Crippen LogP contribution >= 0.6 is 0 Å². The fourth-order valence-corrected chi connectivity index (χ4v) is 1.79. The van der Waals surface area contributed by atoms with Crippen molar-refractivity contribution < 1.29 is 14.1 Å². The molecule has 0 saturated carbocycles. The van der Waals surface area contributed by atoms with Crippen molar-refractivity contribution in [2.75, 3.05) is 6.54 Å². The molecule has 1 aliphatic rings. The quantitative estimate of drug-likeness (QED) is 0.780. The first kappa shape index (κ1) is 11.6. The maximum atomic E-state index is 12.2. The number of hydrogen-bond acceptors (Lipinski definition) is 5. The molecule has 1 saturated heterocycles. The van der Waals surface area contributed by atoms with Gasteiger partial charge in [-0.2, -0.15) is 4.98 Å². The van der Waals surface area contributed by atoms with E-state index < -0.39 is 5.54 Å². The number of nitrogens with one attached hydrogen (secondary N) is 1. The molecule has 2 amide bonds. The minimum atomic E-state index is -0.834. The van der Waals surface area contributed by atoms with Gasteiger partial charge in [0.1, 0.15) is 12.1 Å². The summed E-state index contributed by atoms with van der Waals surface area (Å²) in [4.78, 5) is 29.0. The third-order valence-corrected chi connectivity index (χ3v) is 2.96. The molecule has 1 unspecified atom stereocenters. The first-order chi connectivity index (χ1) is 8.05. The topological polar surface area (TPSA) is 88.3 Å². The molecular formula is C10H14N4O3. The lowest BCUT2D eigenvalue weighted by atomic mass is 9.94. The molecule has 17 heavy (non-hydrogen) atoms. The van der Waals surface area contributed by atoms with E-state index in [0.29, 0.717) is 12.2 Å². The van der Waals surface area contributed by atoms with Crippen LogP contribution in [-0.4, -0.2) is 38.9 Å². The molecule has 0 aliphatic carbocycles. The number of nitrogens with zero attached hydrogens (tertiary/aromatic N) is 3. The van der Waals surface area contributed by atoms with Crippen molar-refractivity contribution in [1.82, 2.24) is 20.4 Å². The third-order valence-electron chi connectivity index (χ3n) is 2.96. The maximum Gasteiger partial charge on any atom is 0.248 e. The molecule has 0 bridgehead atoms. The van der Waals surface area contributed by atoms with Gasteiger partial charge in [0.25, 0.3) is 0 Å². The van der Waals surface area contributed by atoms with Crippen molar-refractivity contribution in [2.45, 2.75) is 32.4 Å². The largest absolute Gasteiger partial charge is 0.343 e. The molecule has 2 heterocycles. The molecule has 0 aromatic carbocycles.